The fourth-order valence-electron chi connectivity index (χ4n) is 3.32. The maximum atomic E-state index is 12.8. The van der Waals surface area contributed by atoms with Crippen LogP contribution < -0.4 is 10.2 Å². The summed E-state index contributed by atoms with van der Waals surface area (Å²) in [5.41, 5.74) is 0.923. The Morgan fingerprint density at radius 1 is 1.29 bits per heavy atom. The molecule has 3 atom stereocenters. The molecule has 1 aliphatic heterocycles. The van der Waals surface area contributed by atoms with Gasteiger partial charge in [0, 0.05) is 18.4 Å². The van der Waals surface area contributed by atoms with Crippen LogP contribution in [0.4, 0.5) is 4.39 Å². The van der Waals surface area contributed by atoms with Gasteiger partial charge in [-0.15, -0.1) is 0 Å². The maximum absolute atomic E-state index is 12.8. The van der Waals surface area contributed by atoms with Crippen molar-refractivity contribution >= 4 is 5.91 Å². The second kappa shape index (κ2) is 7.03. The van der Waals surface area contributed by atoms with E-state index in [4.69, 9.17) is 0 Å². The third-order valence-corrected chi connectivity index (χ3v) is 4.41. The second-order valence-corrected chi connectivity index (χ2v) is 6.58. The zero-order valence-electron chi connectivity index (χ0n) is 13.2. The maximum Gasteiger partial charge on any atom is 0.278 e. The van der Waals surface area contributed by atoms with Crippen LogP contribution in [-0.4, -0.2) is 25.0 Å². The first-order valence-corrected chi connectivity index (χ1v) is 7.82. The Morgan fingerprint density at radius 2 is 1.86 bits per heavy atom. The molecular weight excluding hydrogens is 267 g/mol. The van der Waals surface area contributed by atoms with Crippen LogP contribution in [0.5, 0.6) is 0 Å². The van der Waals surface area contributed by atoms with Crippen molar-refractivity contribution in [1.29, 1.82) is 0 Å². The molecule has 1 aromatic carbocycles. The lowest BCUT2D eigenvalue weighted by Gasteiger charge is -2.35. The molecule has 0 unspecified atom stereocenters. The molecule has 0 bridgehead atoms. The molecule has 3 nitrogen and oxygen atoms in total. The number of amides is 1. The number of quaternary nitrogens is 1. The molecule has 1 aromatic rings. The number of likely N-dealkylation sites (tertiary alicyclic amines) is 1. The Kier molecular flexibility index (Phi) is 5.34. The first-order valence-electron chi connectivity index (χ1n) is 7.82. The number of carbonyl (C=O) groups excluding carboxylic acids is 1. The lowest BCUT2D eigenvalue weighted by molar-refractivity contribution is -0.925. The third kappa shape index (κ3) is 4.53. The van der Waals surface area contributed by atoms with Crippen molar-refractivity contribution in [3.63, 3.8) is 0 Å². The van der Waals surface area contributed by atoms with Crippen molar-refractivity contribution in [3.8, 4) is 0 Å². The minimum Gasteiger partial charge on any atom is -0.347 e. The predicted molar refractivity (Wildman–Crippen MR) is 81.4 cm³/mol. The molecule has 0 radical (unpaired) electrons. The van der Waals surface area contributed by atoms with Gasteiger partial charge in [-0.3, -0.25) is 4.79 Å². The fraction of sp³-hybridized carbons (Fsp3) is 0.588. The molecular formula is C17H26FN2O+. The average Bonchev–Trinajstić information content (AvgIpc) is 2.44. The number of hydrogen-bond acceptors (Lipinski definition) is 1. The van der Waals surface area contributed by atoms with Crippen molar-refractivity contribution < 1.29 is 14.1 Å². The number of carbonyl (C=O) groups is 1. The Bertz CT molecular complexity index is 464. The minimum absolute atomic E-state index is 0.0318. The van der Waals surface area contributed by atoms with Crippen LogP contribution in [0.1, 0.15) is 32.8 Å². The fourth-order valence-corrected chi connectivity index (χ4v) is 3.32. The average molecular weight is 293 g/mol. The first kappa shape index (κ1) is 16.0. The van der Waals surface area contributed by atoms with Crippen LogP contribution in [-0.2, 0) is 11.3 Å². The second-order valence-electron chi connectivity index (χ2n) is 6.58. The van der Waals surface area contributed by atoms with Crippen LogP contribution in [0.25, 0.3) is 0 Å². The quantitative estimate of drug-likeness (QED) is 0.864. The molecule has 1 aliphatic rings. The molecule has 2 rings (SSSR count). The lowest BCUT2D eigenvalue weighted by atomic mass is 9.91. The van der Waals surface area contributed by atoms with Gasteiger partial charge < -0.3 is 10.2 Å². The lowest BCUT2D eigenvalue weighted by Crippen LogP contribution is -3.18. The van der Waals surface area contributed by atoms with Crippen LogP contribution in [0.15, 0.2) is 24.3 Å². The number of halogens is 1. The zero-order valence-corrected chi connectivity index (χ0v) is 13.2. The highest BCUT2D eigenvalue weighted by Crippen LogP contribution is 2.12. The van der Waals surface area contributed by atoms with Crippen molar-refractivity contribution in [2.75, 3.05) is 13.1 Å². The summed E-state index contributed by atoms with van der Waals surface area (Å²) < 4.78 is 12.8. The summed E-state index contributed by atoms with van der Waals surface area (Å²) in [5, 5.41) is 2.96. The van der Waals surface area contributed by atoms with E-state index >= 15 is 0 Å². The summed E-state index contributed by atoms with van der Waals surface area (Å²) >= 11 is 0. The van der Waals surface area contributed by atoms with E-state index in [0.717, 1.165) is 18.7 Å². The monoisotopic (exact) mass is 293 g/mol. The number of piperidine rings is 1. The number of nitrogens with one attached hydrogen (secondary N) is 2. The molecule has 1 amide bonds. The van der Waals surface area contributed by atoms with Gasteiger partial charge in [0.2, 0.25) is 0 Å². The van der Waals surface area contributed by atoms with Crippen LogP contribution in [0, 0.1) is 17.7 Å². The van der Waals surface area contributed by atoms with Gasteiger partial charge in [-0.25, -0.2) is 4.39 Å². The van der Waals surface area contributed by atoms with Crippen molar-refractivity contribution in [1.82, 2.24) is 5.32 Å². The van der Waals surface area contributed by atoms with Gasteiger partial charge in [-0.2, -0.15) is 0 Å². The van der Waals surface area contributed by atoms with E-state index in [1.165, 1.54) is 23.5 Å². The Labute approximate surface area is 126 Å². The number of rotatable bonds is 4. The molecule has 0 aromatic heterocycles. The summed E-state index contributed by atoms with van der Waals surface area (Å²) in [6, 6.07) is 6.22. The normalized spacial score (nSPS) is 27.1. The van der Waals surface area contributed by atoms with Gasteiger partial charge in [0.25, 0.3) is 5.91 Å². The highest BCUT2D eigenvalue weighted by atomic mass is 19.1. The smallest absolute Gasteiger partial charge is 0.278 e. The SMILES string of the molecule is C[C@H]1C[C@H](C)C[NH+]([C@@H](C)C(=O)NCc2ccc(F)cc2)C1. The van der Waals surface area contributed by atoms with Crippen molar-refractivity contribution in [2.45, 2.75) is 39.8 Å². The van der Waals surface area contributed by atoms with E-state index in [1.807, 2.05) is 6.92 Å². The summed E-state index contributed by atoms with van der Waals surface area (Å²) in [7, 11) is 0. The van der Waals surface area contributed by atoms with E-state index < -0.39 is 0 Å². The van der Waals surface area contributed by atoms with Gasteiger partial charge in [0.1, 0.15) is 5.82 Å². The highest BCUT2D eigenvalue weighted by Gasteiger charge is 2.32. The zero-order chi connectivity index (χ0) is 15.4. The summed E-state index contributed by atoms with van der Waals surface area (Å²) in [5.74, 6) is 1.18. The third-order valence-electron chi connectivity index (χ3n) is 4.41. The number of hydrogen-bond donors (Lipinski definition) is 2. The molecule has 1 fully saturated rings. The molecule has 0 saturated carbocycles. The minimum atomic E-state index is -0.251. The molecule has 1 saturated heterocycles. The molecule has 1 heterocycles. The van der Waals surface area contributed by atoms with Crippen molar-refractivity contribution in [2.24, 2.45) is 11.8 Å². The van der Waals surface area contributed by atoms with Crippen LogP contribution in [0.3, 0.4) is 0 Å². The van der Waals surface area contributed by atoms with E-state index in [-0.39, 0.29) is 17.8 Å². The van der Waals surface area contributed by atoms with Gasteiger partial charge in [-0.1, -0.05) is 26.0 Å². The van der Waals surface area contributed by atoms with E-state index in [9.17, 15) is 9.18 Å². The summed E-state index contributed by atoms with van der Waals surface area (Å²) in [4.78, 5) is 13.7. The standard InChI is InChI=1S/C17H25FN2O/c1-12-8-13(2)11-20(10-12)14(3)17(21)19-9-15-4-6-16(18)7-5-15/h4-7,12-14H,8-11H2,1-3H3,(H,19,21)/p+1/t12-,13-,14-/m0/s1. The topological polar surface area (TPSA) is 33.5 Å². The Hall–Kier alpha value is -1.42. The molecule has 4 heteroatoms. The highest BCUT2D eigenvalue weighted by molar-refractivity contribution is 5.79. The van der Waals surface area contributed by atoms with Crippen LogP contribution >= 0.6 is 0 Å². The summed E-state index contributed by atoms with van der Waals surface area (Å²) in [6.07, 6.45) is 1.26. The van der Waals surface area contributed by atoms with E-state index in [0.29, 0.717) is 18.4 Å². The Balaban J connectivity index is 1.86. The number of benzene rings is 1. The van der Waals surface area contributed by atoms with E-state index in [2.05, 4.69) is 19.2 Å². The molecule has 0 spiro atoms. The van der Waals surface area contributed by atoms with Gasteiger partial charge in [0.15, 0.2) is 6.04 Å². The van der Waals surface area contributed by atoms with Gasteiger partial charge in [-0.05, 0) is 31.0 Å². The molecule has 21 heavy (non-hydrogen) atoms. The van der Waals surface area contributed by atoms with E-state index in [1.54, 1.807) is 12.1 Å². The Morgan fingerprint density at radius 3 is 2.43 bits per heavy atom. The molecule has 116 valence electrons. The predicted octanol–water partition coefficient (Wildman–Crippen LogP) is 1.39. The van der Waals surface area contributed by atoms with Gasteiger partial charge in [0.05, 0.1) is 13.1 Å². The first-order chi connectivity index (χ1) is 9.95. The van der Waals surface area contributed by atoms with Crippen LogP contribution in [0.2, 0.25) is 0 Å². The summed E-state index contributed by atoms with van der Waals surface area (Å²) in [6.45, 7) is 9.12. The largest absolute Gasteiger partial charge is 0.347 e. The van der Waals surface area contributed by atoms with Gasteiger partial charge >= 0.3 is 0 Å². The molecule has 0 aliphatic carbocycles. The molecule has 2 N–H and O–H groups in total. The van der Waals surface area contributed by atoms with Crippen molar-refractivity contribution in [3.05, 3.63) is 35.6 Å².